The third-order valence-electron chi connectivity index (χ3n) is 4.73. The van der Waals surface area contributed by atoms with Crippen molar-refractivity contribution in [3.63, 3.8) is 0 Å². The van der Waals surface area contributed by atoms with E-state index in [1.807, 2.05) is 19.1 Å². The molecule has 2 rings (SSSR count). The highest BCUT2D eigenvalue weighted by Gasteiger charge is 2.27. The number of benzene rings is 2. The smallest absolute Gasteiger partial charge is 0.326 e. The van der Waals surface area contributed by atoms with Crippen LogP contribution in [-0.4, -0.2) is 23.0 Å². The van der Waals surface area contributed by atoms with Gasteiger partial charge in [-0.15, -0.1) is 0 Å². The number of carbonyl (C=O) groups is 2. The van der Waals surface area contributed by atoms with E-state index in [9.17, 15) is 19.1 Å². The molecule has 3 atom stereocenters. The Bertz CT molecular complexity index is 732. The number of carboxylic acid groups (broad SMARTS) is 1. The molecular formula is C21H23ClFNO3. The van der Waals surface area contributed by atoms with Gasteiger partial charge in [0, 0.05) is 17.4 Å². The zero-order valence-corrected chi connectivity index (χ0v) is 16.0. The van der Waals surface area contributed by atoms with Gasteiger partial charge >= 0.3 is 5.97 Å². The van der Waals surface area contributed by atoms with Gasteiger partial charge in [0.05, 0.1) is 0 Å². The highest BCUT2D eigenvalue weighted by atomic mass is 35.5. The normalized spacial score (nSPS) is 14.2. The predicted octanol–water partition coefficient (Wildman–Crippen LogP) is 4.62. The van der Waals surface area contributed by atoms with Crippen molar-refractivity contribution in [2.45, 2.75) is 38.6 Å². The quantitative estimate of drug-likeness (QED) is 0.690. The minimum atomic E-state index is -1.05. The average Bonchev–Trinajstić information content (AvgIpc) is 2.65. The van der Waals surface area contributed by atoms with Crippen LogP contribution in [0.1, 0.15) is 43.7 Å². The first-order valence-electron chi connectivity index (χ1n) is 8.85. The minimum absolute atomic E-state index is 0.0491. The third-order valence-corrected chi connectivity index (χ3v) is 4.98. The Balaban J connectivity index is 2.25. The van der Waals surface area contributed by atoms with Crippen molar-refractivity contribution in [1.29, 1.82) is 0 Å². The number of amides is 1. The van der Waals surface area contributed by atoms with Gasteiger partial charge in [0.2, 0.25) is 5.91 Å². The molecule has 0 saturated heterocycles. The van der Waals surface area contributed by atoms with E-state index in [0.717, 1.165) is 11.1 Å². The van der Waals surface area contributed by atoms with Crippen LogP contribution in [0.2, 0.25) is 5.02 Å². The van der Waals surface area contributed by atoms with Crippen LogP contribution in [0, 0.1) is 11.7 Å². The molecule has 2 aromatic rings. The second-order valence-electron chi connectivity index (χ2n) is 6.63. The van der Waals surface area contributed by atoms with E-state index < -0.39 is 12.0 Å². The first kappa shape index (κ1) is 20.9. The summed E-state index contributed by atoms with van der Waals surface area (Å²) < 4.78 is 13.3. The summed E-state index contributed by atoms with van der Waals surface area (Å²) in [4.78, 5) is 24.1. The van der Waals surface area contributed by atoms with Crippen LogP contribution in [0.3, 0.4) is 0 Å². The number of halogens is 2. The lowest BCUT2D eigenvalue weighted by atomic mass is 9.88. The number of rotatable bonds is 8. The molecule has 0 saturated carbocycles. The van der Waals surface area contributed by atoms with E-state index in [2.05, 4.69) is 5.32 Å². The molecule has 0 heterocycles. The second-order valence-corrected chi connectivity index (χ2v) is 7.07. The number of nitrogens with one attached hydrogen (secondary N) is 1. The molecule has 144 valence electrons. The van der Waals surface area contributed by atoms with Crippen molar-refractivity contribution >= 4 is 23.5 Å². The van der Waals surface area contributed by atoms with E-state index in [1.165, 1.54) is 12.1 Å². The molecule has 0 spiro atoms. The van der Waals surface area contributed by atoms with E-state index in [1.54, 1.807) is 31.2 Å². The fraction of sp³-hybridized carbons (Fsp3) is 0.333. The molecule has 0 bridgehead atoms. The fourth-order valence-electron chi connectivity index (χ4n) is 2.92. The summed E-state index contributed by atoms with van der Waals surface area (Å²) in [6.45, 7) is 3.66. The Kier molecular flexibility index (Phi) is 7.36. The summed E-state index contributed by atoms with van der Waals surface area (Å²) in [7, 11) is 0. The Morgan fingerprint density at radius 1 is 1.07 bits per heavy atom. The first-order valence-corrected chi connectivity index (χ1v) is 9.22. The summed E-state index contributed by atoms with van der Waals surface area (Å²) in [6, 6.07) is 12.1. The maximum absolute atomic E-state index is 13.3. The summed E-state index contributed by atoms with van der Waals surface area (Å²) in [5.41, 5.74) is 1.61. The van der Waals surface area contributed by atoms with Gasteiger partial charge in [-0.05, 0) is 41.3 Å². The Hall–Kier alpha value is -2.40. The Labute approximate surface area is 163 Å². The van der Waals surface area contributed by atoms with Crippen molar-refractivity contribution in [1.82, 2.24) is 5.32 Å². The highest BCUT2D eigenvalue weighted by molar-refractivity contribution is 6.30. The lowest BCUT2D eigenvalue weighted by molar-refractivity contribution is -0.143. The zero-order chi connectivity index (χ0) is 20.0. The van der Waals surface area contributed by atoms with Crippen molar-refractivity contribution < 1.29 is 19.1 Å². The SMILES string of the molecule is CC[C@H](C)[C@@H](NC(=O)C[C@@H](c1ccc(F)cc1)c1ccc(Cl)cc1)C(=O)O. The van der Waals surface area contributed by atoms with E-state index in [-0.39, 0.29) is 30.0 Å². The van der Waals surface area contributed by atoms with E-state index in [0.29, 0.717) is 11.4 Å². The van der Waals surface area contributed by atoms with Crippen molar-refractivity contribution in [3.8, 4) is 0 Å². The Morgan fingerprint density at radius 2 is 1.59 bits per heavy atom. The average molecular weight is 392 g/mol. The molecular weight excluding hydrogens is 369 g/mol. The lowest BCUT2D eigenvalue weighted by Gasteiger charge is -2.23. The summed E-state index contributed by atoms with van der Waals surface area (Å²) in [5, 5.41) is 12.6. The van der Waals surface area contributed by atoms with Gasteiger partial charge in [-0.1, -0.05) is 56.1 Å². The second kappa shape index (κ2) is 9.51. The van der Waals surface area contributed by atoms with Crippen LogP contribution in [0.5, 0.6) is 0 Å². The molecule has 4 nitrogen and oxygen atoms in total. The molecule has 2 N–H and O–H groups in total. The first-order chi connectivity index (χ1) is 12.8. The van der Waals surface area contributed by atoms with Gasteiger partial charge in [-0.25, -0.2) is 9.18 Å². The van der Waals surface area contributed by atoms with Crippen LogP contribution in [0.25, 0.3) is 0 Å². The lowest BCUT2D eigenvalue weighted by Crippen LogP contribution is -2.45. The molecule has 6 heteroatoms. The van der Waals surface area contributed by atoms with Gasteiger partial charge in [-0.3, -0.25) is 4.79 Å². The van der Waals surface area contributed by atoms with Crippen LogP contribution >= 0.6 is 11.6 Å². The number of carbonyl (C=O) groups excluding carboxylic acids is 1. The van der Waals surface area contributed by atoms with E-state index >= 15 is 0 Å². The molecule has 0 aliphatic heterocycles. The number of hydrogen-bond acceptors (Lipinski definition) is 2. The fourth-order valence-corrected chi connectivity index (χ4v) is 3.05. The van der Waals surface area contributed by atoms with Gasteiger partial charge in [-0.2, -0.15) is 0 Å². The zero-order valence-electron chi connectivity index (χ0n) is 15.3. The molecule has 1 amide bonds. The highest BCUT2D eigenvalue weighted by Crippen LogP contribution is 2.29. The maximum Gasteiger partial charge on any atom is 0.326 e. The number of carboxylic acids is 1. The molecule has 0 fully saturated rings. The van der Waals surface area contributed by atoms with Crippen LogP contribution in [-0.2, 0) is 9.59 Å². The van der Waals surface area contributed by atoms with Crippen LogP contribution in [0.15, 0.2) is 48.5 Å². The Morgan fingerprint density at radius 3 is 2.07 bits per heavy atom. The number of hydrogen-bond donors (Lipinski definition) is 2. The van der Waals surface area contributed by atoms with Gasteiger partial charge in [0.1, 0.15) is 11.9 Å². The summed E-state index contributed by atoms with van der Waals surface area (Å²) >= 11 is 5.95. The van der Waals surface area contributed by atoms with E-state index in [4.69, 9.17) is 11.6 Å². The minimum Gasteiger partial charge on any atom is -0.480 e. The maximum atomic E-state index is 13.3. The van der Waals surface area contributed by atoms with Crippen LogP contribution in [0.4, 0.5) is 4.39 Å². The molecule has 0 aliphatic carbocycles. The molecule has 27 heavy (non-hydrogen) atoms. The third kappa shape index (κ3) is 5.79. The standard InChI is InChI=1S/C21H23ClFNO3/c1-3-13(2)20(21(26)27)24-19(25)12-18(14-4-8-16(22)9-5-14)15-6-10-17(23)11-7-15/h4-11,13,18,20H,3,12H2,1-2H3,(H,24,25)(H,26,27)/t13-,18+,20+/m0/s1. The van der Waals surface area contributed by atoms with Crippen molar-refractivity contribution in [3.05, 3.63) is 70.5 Å². The van der Waals surface area contributed by atoms with Gasteiger partial charge in [0.25, 0.3) is 0 Å². The van der Waals surface area contributed by atoms with Crippen molar-refractivity contribution in [2.75, 3.05) is 0 Å². The summed E-state index contributed by atoms with van der Waals surface area (Å²) in [6.07, 6.45) is 0.684. The molecule has 2 aromatic carbocycles. The molecule has 0 unspecified atom stereocenters. The van der Waals surface area contributed by atoms with Crippen LogP contribution < -0.4 is 5.32 Å². The summed E-state index contributed by atoms with van der Waals surface area (Å²) in [5.74, 6) is -2.31. The predicted molar refractivity (Wildman–Crippen MR) is 103 cm³/mol. The molecule has 0 aliphatic rings. The van der Waals surface area contributed by atoms with Gasteiger partial charge < -0.3 is 10.4 Å². The number of aliphatic carboxylic acids is 1. The largest absolute Gasteiger partial charge is 0.480 e. The monoisotopic (exact) mass is 391 g/mol. The van der Waals surface area contributed by atoms with Gasteiger partial charge in [0.15, 0.2) is 0 Å². The topological polar surface area (TPSA) is 66.4 Å². The van der Waals surface area contributed by atoms with Crippen molar-refractivity contribution in [2.24, 2.45) is 5.92 Å². The molecule has 0 radical (unpaired) electrons. The molecule has 0 aromatic heterocycles.